The lowest BCUT2D eigenvalue weighted by Gasteiger charge is -2.22. The molecule has 2 aromatic carbocycles. The molecule has 136 valence electrons. The van der Waals surface area contributed by atoms with Crippen molar-refractivity contribution in [3.05, 3.63) is 60.2 Å². The van der Waals surface area contributed by atoms with Gasteiger partial charge in [0, 0.05) is 25.2 Å². The molecule has 6 heteroatoms. The first kappa shape index (κ1) is 19.2. The van der Waals surface area contributed by atoms with E-state index in [9.17, 15) is 14.4 Å². The van der Waals surface area contributed by atoms with Crippen LogP contribution in [-0.2, 0) is 14.4 Å². The van der Waals surface area contributed by atoms with Crippen molar-refractivity contribution in [1.29, 1.82) is 0 Å². The van der Waals surface area contributed by atoms with E-state index in [4.69, 9.17) is 0 Å². The zero-order valence-corrected chi connectivity index (χ0v) is 15.2. The van der Waals surface area contributed by atoms with Gasteiger partial charge in [-0.1, -0.05) is 30.3 Å². The van der Waals surface area contributed by atoms with Gasteiger partial charge in [-0.05, 0) is 36.8 Å². The molecule has 2 N–H and O–H groups in total. The van der Waals surface area contributed by atoms with Gasteiger partial charge in [0.15, 0.2) is 0 Å². The Morgan fingerprint density at radius 1 is 0.962 bits per heavy atom. The van der Waals surface area contributed by atoms with Crippen LogP contribution >= 0.6 is 0 Å². The Balaban J connectivity index is 2.04. The summed E-state index contributed by atoms with van der Waals surface area (Å²) in [6.07, 6.45) is 0. The lowest BCUT2D eigenvalue weighted by molar-refractivity contribution is -0.123. The van der Waals surface area contributed by atoms with Crippen LogP contribution in [0.3, 0.4) is 0 Å². The molecule has 0 aliphatic carbocycles. The Labute approximate surface area is 153 Å². The first-order valence-electron chi connectivity index (χ1n) is 8.37. The normalized spacial score (nSPS) is 11.3. The Kier molecular flexibility index (Phi) is 6.49. The van der Waals surface area contributed by atoms with Gasteiger partial charge in [0.1, 0.15) is 6.54 Å². The maximum Gasteiger partial charge on any atom is 0.240 e. The summed E-state index contributed by atoms with van der Waals surface area (Å²) < 4.78 is 0. The third kappa shape index (κ3) is 5.44. The molecular weight excluding hydrogens is 330 g/mol. The fourth-order valence-corrected chi connectivity index (χ4v) is 2.57. The molecule has 0 saturated carbocycles. The van der Waals surface area contributed by atoms with E-state index in [1.807, 2.05) is 37.3 Å². The maximum atomic E-state index is 12.4. The van der Waals surface area contributed by atoms with Crippen LogP contribution in [0, 0.1) is 0 Å². The molecule has 1 atom stereocenters. The Hall–Kier alpha value is -3.15. The zero-order chi connectivity index (χ0) is 19.1. The van der Waals surface area contributed by atoms with Crippen LogP contribution in [0.25, 0.3) is 0 Å². The second-order valence-corrected chi connectivity index (χ2v) is 6.03. The molecule has 3 amide bonds. The molecule has 0 radical (unpaired) electrons. The third-order valence-corrected chi connectivity index (χ3v) is 3.86. The average molecular weight is 353 g/mol. The lowest BCUT2D eigenvalue weighted by atomic mass is 10.1. The van der Waals surface area contributed by atoms with E-state index < -0.39 is 0 Å². The third-order valence-electron chi connectivity index (χ3n) is 3.86. The van der Waals surface area contributed by atoms with Gasteiger partial charge in [-0.15, -0.1) is 0 Å². The van der Waals surface area contributed by atoms with Gasteiger partial charge in [0.25, 0.3) is 0 Å². The van der Waals surface area contributed by atoms with Gasteiger partial charge in [0.05, 0.1) is 6.04 Å². The number of nitrogens with zero attached hydrogens (tertiary/aromatic N) is 1. The van der Waals surface area contributed by atoms with Crippen LogP contribution in [0.5, 0.6) is 0 Å². The maximum absolute atomic E-state index is 12.4. The smallest absolute Gasteiger partial charge is 0.240 e. The molecule has 0 aliphatic rings. The summed E-state index contributed by atoms with van der Waals surface area (Å²) in [7, 11) is 0. The number of hydrogen-bond acceptors (Lipinski definition) is 3. The predicted molar refractivity (Wildman–Crippen MR) is 102 cm³/mol. The molecule has 1 unspecified atom stereocenters. The number of nitrogens with one attached hydrogen (secondary N) is 2. The number of hydrogen-bond donors (Lipinski definition) is 2. The van der Waals surface area contributed by atoms with Gasteiger partial charge in [-0.3, -0.25) is 14.4 Å². The van der Waals surface area contributed by atoms with Crippen molar-refractivity contribution >= 4 is 29.1 Å². The van der Waals surface area contributed by atoms with Crippen LogP contribution in [0.2, 0.25) is 0 Å². The molecule has 0 saturated heterocycles. The minimum atomic E-state index is -0.248. The fourth-order valence-electron chi connectivity index (χ4n) is 2.57. The summed E-state index contributed by atoms with van der Waals surface area (Å²) >= 11 is 0. The number of anilines is 2. The Bertz CT molecular complexity index is 773. The van der Waals surface area contributed by atoms with Crippen molar-refractivity contribution in [2.24, 2.45) is 0 Å². The predicted octanol–water partition coefficient (Wildman–Crippen LogP) is 2.88. The van der Waals surface area contributed by atoms with E-state index in [1.165, 1.54) is 18.7 Å². The van der Waals surface area contributed by atoms with Crippen molar-refractivity contribution in [3.63, 3.8) is 0 Å². The number of benzene rings is 2. The van der Waals surface area contributed by atoms with Gasteiger partial charge in [-0.25, -0.2) is 0 Å². The highest BCUT2D eigenvalue weighted by Crippen LogP contribution is 2.18. The van der Waals surface area contributed by atoms with Crippen molar-refractivity contribution in [2.75, 3.05) is 16.8 Å². The summed E-state index contributed by atoms with van der Waals surface area (Å²) in [6.45, 7) is 4.66. The van der Waals surface area contributed by atoms with Crippen LogP contribution < -0.4 is 15.5 Å². The molecule has 0 aromatic heterocycles. The van der Waals surface area contributed by atoms with Crippen LogP contribution in [0.1, 0.15) is 32.4 Å². The molecular formula is C20H23N3O3. The number of amides is 3. The lowest BCUT2D eigenvalue weighted by Crippen LogP contribution is -2.40. The molecule has 0 fully saturated rings. The SMILES string of the molecule is CC(=O)Nc1ccc(N(CC(=O)NC(C)c2ccccc2)C(C)=O)cc1. The van der Waals surface area contributed by atoms with Gasteiger partial charge < -0.3 is 15.5 Å². The average Bonchev–Trinajstić information content (AvgIpc) is 2.60. The summed E-state index contributed by atoms with van der Waals surface area (Å²) in [6, 6.07) is 16.2. The summed E-state index contributed by atoms with van der Waals surface area (Å²) in [5.74, 6) is -0.655. The molecule has 2 rings (SSSR count). The van der Waals surface area contributed by atoms with Gasteiger partial charge >= 0.3 is 0 Å². The summed E-state index contributed by atoms with van der Waals surface area (Å²) in [4.78, 5) is 36.8. The minimum Gasteiger partial charge on any atom is -0.348 e. The molecule has 26 heavy (non-hydrogen) atoms. The molecule has 6 nitrogen and oxygen atoms in total. The number of carbonyl (C=O) groups excluding carboxylic acids is 3. The van der Waals surface area contributed by atoms with Crippen molar-refractivity contribution in [3.8, 4) is 0 Å². The first-order chi connectivity index (χ1) is 12.4. The largest absolute Gasteiger partial charge is 0.348 e. The van der Waals surface area contributed by atoms with Crippen LogP contribution in [0.15, 0.2) is 54.6 Å². The topological polar surface area (TPSA) is 78.5 Å². The highest BCUT2D eigenvalue weighted by molar-refractivity contribution is 5.98. The highest BCUT2D eigenvalue weighted by atomic mass is 16.2. The first-order valence-corrected chi connectivity index (χ1v) is 8.37. The standard InChI is InChI=1S/C20H23N3O3/c1-14(17-7-5-4-6-8-17)21-20(26)13-23(16(3)25)19-11-9-18(10-12-19)22-15(2)24/h4-12,14H,13H2,1-3H3,(H,21,26)(H,22,24). The second kappa shape index (κ2) is 8.80. The monoisotopic (exact) mass is 353 g/mol. The number of carbonyl (C=O) groups is 3. The second-order valence-electron chi connectivity index (χ2n) is 6.03. The van der Waals surface area contributed by atoms with E-state index in [0.717, 1.165) is 5.56 Å². The molecule has 0 bridgehead atoms. The quantitative estimate of drug-likeness (QED) is 0.838. The fraction of sp³-hybridized carbons (Fsp3) is 0.250. The van der Waals surface area contributed by atoms with Crippen molar-refractivity contribution in [1.82, 2.24) is 5.32 Å². The van der Waals surface area contributed by atoms with E-state index in [1.54, 1.807) is 24.3 Å². The summed E-state index contributed by atoms with van der Waals surface area (Å²) in [5.41, 5.74) is 2.22. The van der Waals surface area contributed by atoms with Gasteiger partial charge in [-0.2, -0.15) is 0 Å². The Morgan fingerprint density at radius 3 is 2.12 bits per heavy atom. The zero-order valence-electron chi connectivity index (χ0n) is 15.2. The van der Waals surface area contributed by atoms with E-state index in [0.29, 0.717) is 11.4 Å². The molecule has 0 spiro atoms. The van der Waals surface area contributed by atoms with E-state index >= 15 is 0 Å². The Morgan fingerprint density at radius 2 is 1.58 bits per heavy atom. The highest BCUT2D eigenvalue weighted by Gasteiger charge is 2.17. The minimum absolute atomic E-state index is 0.0774. The van der Waals surface area contributed by atoms with E-state index in [-0.39, 0.29) is 30.3 Å². The molecule has 0 aliphatic heterocycles. The summed E-state index contributed by atoms with van der Waals surface area (Å²) in [5, 5.41) is 5.56. The number of rotatable bonds is 6. The van der Waals surface area contributed by atoms with Gasteiger partial charge in [0.2, 0.25) is 17.7 Å². The molecule has 2 aromatic rings. The van der Waals surface area contributed by atoms with Crippen molar-refractivity contribution < 1.29 is 14.4 Å². The van der Waals surface area contributed by atoms with Crippen LogP contribution in [0.4, 0.5) is 11.4 Å². The molecule has 0 heterocycles. The van der Waals surface area contributed by atoms with Crippen molar-refractivity contribution in [2.45, 2.75) is 26.8 Å². The van der Waals surface area contributed by atoms with E-state index in [2.05, 4.69) is 10.6 Å². The van der Waals surface area contributed by atoms with Crippen LogP contribution in [-0.4, -0.2) is 24.3 Å².